The van der Waals surface area contributed by atoms with Crippen molar-refractivity contribution >= 4 is 8.60 Å². The molecule has 4 aliphatic carbocycles. The molecule has 4 bridgehead atoms. The standard InChI is InChI=1S/C16H15O3P/c17-20-18-15-13-7-5-11-1-2-12(4-3-11)6-8-14(10-9-13)16(15)19-20/h1-4,9-10,17H,5-8H2. The molecule has 1 N–H and O–H groups in total. The van der Waals surface area contributed by atoms with Gasteiger partial charge in [0.25, 0.3) is 0 Å². The second-order valence-corrected chi connectivity index (χ2v) is 6.12. The highest BCUT2D eigenvalue weighted by atomic mass is 31.2. The van der Waals surface area contributed by atoms with E-state index in [0.717, 1.165) is 48.3 Å². The van der Waals surface area contributed by atoms with Crippen molar-refractivity contribution in [2.24, 2.45) is 0 Å². The summed E-state index contributed by atoms with van der Waals surface area (Å²) >= 11 is 0. The molecule has 0 atom stereocenters. The lowest BCUT2D eigenvalue weighted by Gasteiger charge is -2.12. The fraction of sp³-hybridized carbons (Fsp3) is 0.250. The zero-order valence-electron chi connectivity index (χ0n) is 11.0. The van der Waals surface area contributed by atoms with Crippen molar-refractivity contribution in [1.29, 1.82) is 0 Å². The van der Waals surface area contributed by atoms with E-state index >= 15 is 0 Å². The van der Waals surface area contributed by atoms with Gasteiger partial charge in [0.15, 0.2) is 11.5 Å². The number of rotatable bonds is 0. The topological polar surface area (TPSA) is 38.7 Å². The van der Waals surface area contributed by atoms with E-state index in [4.69, 9.17) is 9.05 Å². The van der Waals surface area contributed by atoms with Gasteiger partial charge >= 0.3 is 8.60 Å². The maximum atomic E-state index is 9.66. The van der Waals surface area contributed by atoms with Gasteiger partial charge in [-0.05, 0) is 47.9 Å². The molecule has 1 aliphatic heterocycles. The molecule has 0 radical (unpaired) electrons. The molecule has 7 rings (SSSR count). The van der Waals surface area contributed by atoms with Gasteiger partial charge in [-0.15, -0.1) is 0 Å². The lowest BCUT2D eigenvalue weighted by atomic mass is 9.95. The lowest BCUT2D eigenvalue weighted by Crippen LogP contribution is -1.99. The maximum Gasteiger partial charge on any atom is 0.460 e. The van der Waals surface area contributed by atoms with E-state index in [-0.39, 0.29) is 0 Å². The summed E-state index contributed by atoms with van der Waals surface area (Å²) < 4.78 is 11.0. The van der Waals surface area contributed by atoms with E-state index in [9.17, 15) is 4.89 Å². The molecule has 0 amide bonds. The van der Waals surface area contributed by atoms with E-state index in [1.54, 1.807) is 0 Å². The van der Waals surface area contributed by atoms with Crippen LogP contribution in [0.3, 0.4) is 0 Å². The Morgan fingerprint density at radius 2 is 1.15 bits per heavy atom. The number of hydrogen-bond donors (Lipinski definition) is 1. The molecule has 2 aromatic rings. The van der Waals surface area contributed by atoms with Crippen molar-refractivity contribution in [1.82, 2.24) is 0 Å². The molecule has 0 aromatic heterocycles. The molecular formula is C16H15O3P. The Morgan fingerprint density at radius 3 is 1.60 bits per heavy atom. The van der Waals surface area contributed by atoms with Crippen LogP contribution >= 0.6 is 8.60 Å². The van der Waals surface area contributed by atoms with Crippen LogP contribution in [0.1, 0.15) is 22.3 Å². The zero-order chi connectivity index (χ0) is 13.5. The molecule has 1 heterocycles. The van der Waals surface area contributed by atoms with Gasteiger partial charge in [0.1, 0.15) is 0 Å². The summed E-state index contributed by atoms with van der Waals surface area (Å²) in [6.07, 6.45) is 3.74. The van der Waals surface area contributed by atoms with Crippen molar-refractivity contribution in [3.8, 4) is 11.5 Å². The SMILES string of the molecule is OP1Oc2c3ccc(c2O1)CCc1ccc(cc1)CC3. The smallest absolute Gasteiger partial charge is 0.414 e. The first-order chi connectivity index (χ1) is 9.79. The summed E-state index contributed by atoms with van der Waals surface area (Å²) in [5.74, 6) is 1.51. The molecule has 0 saturated heterocycles. The van der Waals surface area contributed by atoms with Crippen molar-refractivity contribution in [2.45, 2.75) is 25.7 Å². The Labute approximate surface area is 119 Å². The average molecular weight is 286 g/mol. The van der Waals surface area contributed by atoms with Crippen LogP contribution in [0.4, 0.5) is 0 Å². The number of benzene rings is 2. The summed E-state index contributed by atoms with van der Waals surface area (Å²) in [4.78, 5) is 9.66. The van der Waals surface area contributed by atoms with Crippen LogP contribution in [-0.2, 0) is 25.7 Å². The average Bonchev–Trinajstić information content (AvgIpc) is 2.83. The molecule has 20 heavy (non-hydrogen) atoms. The first-order valence-electron chi connectivity index (χ1n) is 6.87. The Bertz CT molecular complexity index is 596. The molecular weight excluding hydrogens is 271 g/mol. The second kappa shape index (κ2) is 4.76. The minimum Gasteiger partial charge on any atom is -0.414 e. The molecule has 0 fully saturated rings. The summed E-state index contributed by atoms with van der Waals surface area (Å²) in [7, 11) is -1.79. The molecule has 4 heteroatoms. The molecule has 0 saturated carbocycles. The van der Waals surface area contributed by atoms with Gasteiger partial charge in [0, 0.05) is 0 Å². The zero-order valence-corrected chi connectivity index (χ0v) is 11.9. The normalized spacial score (nSPS) is 17.1. The van der Waals surface area contributed by atoms with Crippen LogP contribution < -0.4 is 9.05 Å². The third-order valence-electron chi connectivity index (χ3n) is 4.00. The Morgan fingerprint density at radius 1 is 0.700 bits per heavy atom. The molecule has 5 aliphatic rings. The van der Waals surface area contributed by atoms with E-state index < -0.39 is 8.60 Å². The van der Waals surface area contributed by atoms with Gasteiger partial charge in [-0.1, -0.05) is 36.4 Å². The monoisotopic (exact) mass is 286 g/mol. The van der Waals surface area contributed by atoms with E-state index in [2.05, 4.69) is 36.4 Å². The van der Waals surface area contributed by atoms with Crippen LogP contribution in [0.5, 0.6) is 11.5 Å². The van der Waals surface area contributed by atoms with Gasteiger partial charge in [-0.2, -0.15) is 0 Å². The summed E-state index contributed by atoms with van der Waals surface area (Å²) in [5.41, 5.74) is 4.90. The van der Waals surface area contributed by atoms with Crippen molar-refractivity contribution < 1.29 is 13.9 Å². The second-order valence-electron chi connectivity index (χ2n) is 5.28. The predicted molar refractivity (Wildman–Crippen MR) is 78.1 cm³/mol. The number of aryl methyl sites for hydroxylation is 4. The van der Waals surface area contributed by atoms with Crippen molar-refractivity contribution in [3.63, 3.8) is 0 Å². The Hall–Kier alpha value is -1.57. The molecule has 0 spiro atoms. The van der Waals surface area contributed by atoms with Crippen LogP contribution in [-0.4, -0.2) is 4.89 Å². The van der Waals surface area contributed by atoms with E-state index in [1.165, 1.54) is 11.1 Å². The fourth-order valence-corrected chi connectivity index (χ4v) is 3.59. The van der Waals surface area contributed by atoms with Gasteiger partial charge in [0.05, 0.1) is 0 Å². The fourth-order valence-electron chi connectivity index (χ4n) is 2.84. The minimum atomic E-state index is -1.79. The van der Waals surface area contributed by atoms with Crippen molar-refractivity contribution in [2.75, 3.05) is 0 Å². The summed E-state index contributed by atoms with van der Waals surface area (Å²) in [5, 5.41) is 0. The Kier molecular flexibility index (Phi) is 2.90. The van der Waals surface area contributed by atoms with Gasteiger partial charge < -0.3 is 13.9 Å². The first kappa shape index (κ1) is 12.2. The predicted octanol–water partition coefficient (Wildman–Crippen LogP) is 3.56. The maximum absolute atomic E-state index is 9.66. The van der Waals surface area contributed by atoms with Crippen LogP contribution in [0.2, 0.25) is 0 Å². The first-order valence-corrected chi connectivity index (χ1v) is 8.00. The third kappa shape index (κ3) is 2.07. The third-order valence-corrected chi connectivity index (χ3v) is 4.68. The molecule has 102 valence electrons. The van der Waals surface area contributed by atoms with E-state index in [1.807, 2.05) is 0 Å². The van der Waals surface area contributed by atoms with Crippen LogP contribution in [0.25, 0.3) is 0 Å². The van der Waals surface area contributed by atoms with Gasteiger partial charge in [-0.3, -0.25) is 0 Å². The van der Waals surface area contributed by atoms with Crippen LogP contribution in [0, 0.1) is 0 Å². The summed E-state index contributed by atoms with van der Waals surface area (Å²) in [6.45, 7) is 0. The van der Waals surface area contributed by atoms with E-state index in [0.29, 0.717) is 0 Å². The highest BCUT2D eigenvalue weighted by Crippen LogP contribution is 2.53. The minimum absolute atomic E-state index is 0.756. The van der Waals surface area contributed by atoms with Gasteiger partial charge in [0.2, 0.25) is 0 Å². The highest BCUT2D eigenvalue weighted by molar-refractivity contribution is 7.41. The molecule has 2 aromatic carbocycles. The van der Waals surface area contributed by atoms with Crippen LogP contribution in [0.15, 0.2) is 36.4 Å². The van der Waals surface area contributed by atoms with Gasteiger partial charge in [-0.25, -0.2) is 0 Å². The number of hydrogen-bond acceptors (Lipinski definition) is 3. The molecule has 3 nitrogen and oxygen atoms in total. The summed E-state index contributed by atoms with van der Waals surface area (Å²) in [6, 6.07) is 13.1. The van der Waals surface area contributed by atoms with Crippen molar-refractivity contribution in [3.05, 3.63) is 58.7 Å². The Balaban J connectivity index is 1.80. The largest absolute Gasteiger partial charge is 0.460 e. The highest BCUT2D eigenvalue weighted by Gasteiger charge is 2.30. The quantitative estimate of drug-likeness (QED) is 0.753. The molecule has 0 unspecified atom stereocenters. The lowest BCUT2D eigenvalue weighted by molar-refractivity contribution is 0.427.